The maximum Gasteiger partial charge on any atom is 0.161 e. The van der Waals surface area contributed by atoms with Gasteiger partial charge >= 0.3 is 0 Å². The Kier molecular flexibility index (Phi) is 4.37. The molecule has 5 rings (SSSR count). The third kappa shape index (κ3) is 3.21. The van der Waals surface area contributed by atoms with E-state index in [1.165, 1.54) is 16.7 Å². The highest BCUT2D eigenvalue weighted by atomic mass is 16.1. The molecule has 2 aromatic carbocycles. The molecule has 4 heteroatoms. The molecule has 0 bridgehead atoms. The minimum absolute atomic E-state index is 0.000613. The molecule has 1 fully saturated rings. The van der Waals surface area contributed by atoms with Crippen LogP contribution in [-0.4, -0.2) is 11.9 Å². The Morgan fingerprint density at radius 3 is 2.34 bits per heavy atom. The third-order valence-electron chi connectivity index (χ3n) is 6.70. The van der Waals surface area contributed by atoms with E-state index in [9.17, 15) is 4.79 Å². The normalized spacial score (nSPS) is 30.5. The molecule has 4 nitrogen and oxygen atoms in total. The van der Waals surface area contributed by atoms with Gasteiger partial charge in [0.15, 0.2) is 5.78 Å². The lowest BCUT2D eigenvalue weighted by Gasteiger charge is -2.44. The van der Waals surface area contributed by atoms with Gasteiger partial charge in [0, 0.05) is 29.5 Å². The van der Waals surface area contributed by atoms with Crippen LogP contribution in [0.4, 0.5) is 0 Å². The number of benzene rings is 2. The van der Waals surface area contributed by atoms with Gasteiger partial charge in [0.2, 0.25) is 0 Å². The van der Waals surface area contributed by atoms with Gasteiger partial charge in [-0.15, -0.1) is 0 Å². The van der Waals surface area contributed by atoms with Crippen LogP contribution in [0.25, 0.3) is 0 Å². The van der Waals surface area contributed by atoms with E-state index in [2.05, 4.69) is 85.5 Å². The molecule has 1 saturated heterocycles. The Hall–Kier alpha value is -2.43. The Morgan fingerprint density at radius 1 is 0.897 bits per heavy atom. The number of carbonyl (C=O) groups is 1. The monoisotopic (exact) mass is 387 g/mol. The molecule has 2 aromatic rings. The number of allylic oxidation sites excluding steroid dienone is 2. The number of ketones is 1. The van der Waals surface area contributed by atoms with Crippen molar-refractivity contribution in [1.29, 1.82) is 0 Å². The number of aryl methyl sites for hydroxylation is 1. The fraction of sp³-hybridized carbons (Fsp3) is 0.400. The molecular formula is C25H29N3O. The van der Waals surface area contributed by atoms with E-state index in [1.807, 2.05) is 6.07 Å². The Labute approximate surface area is 172 Å². The molecule has 3 N–H and O–H groups in total. The van der Waals surface area contributed by atoms with E-state index >= 15 is 0 Å². The summed E-state index contributed by atoms with van der Waals surface area (Å²) in [6.07, 6.45) is 1.62. The highest BCUT2D eigenvalue weighted by Crippen LogP contribution is 2.51. The van der Waals surface area contributed by atoms with Gasteiger partial charge in [-0.05, 0) is 29.9 Å². The molecule has 0 spiro atoms. The van der Waals surface area contributed by atoms with Gasteiger partial charge in [-0.2, -0.15) is 0 Å². The second-order valence-electron chi connectivity index (χ2n) is 9.60. The molecule has 4 atom stereocenters. The third-order valence-corrected chi connectivity index (χ3v) is 6.70. The molecule has 150 valence electrons. The summed E-state index contributed by atoms with van der Waals surface area (Å²) >= 11 is 0. The summed E-state index contributed by atoms with van der Waals surface area (Å²) < 4.78 is 0. The zero-order valence-corrected chi connectivity index (χ0v) is 17.3. The number of hydrogen-bond acceptors (Lipinski definition) is 4. The van der Waals surface area contributed by atoms with Gasteiger partial charge < -0.3 is 5.32 Å². The molecule has 2 heterocycles. The van der Waals surface area contributed by atoms with Crippen LogP contribution in [0.2, 0.25) is 0 Å². The van der Waals surface area contributed by atoms with Crippen LogP contribution in [0.5, 0.6) is 0 Å². The van der Waals surface area contributed by atoms with Crippen molar-refractivity contribution in [1.82, 2.24) is 16.2 Å². The first-order valence-electron chi connectivity index (χ1n) is 10.6. The minimum Gasteiger partial charge on any atom is -0.371 e. The molecular weight excluding hydrogens is 358 g/mol. The lowest BCUT2D eigenvalue weighted by atomic mass is 9.65. The number of carbonyl (C=O) groups excluding carboxylic acids is 1. The first-order chi connectivity index (χ1) is 13.9. The maximum absolute atomic E-state index is 13.4. The molecule has 0 aromatic heterocycles. The van der Waals surface area contributed by atoms with Crippen molar-refractivity contribution in [2.75, 3.05) is 0 Å². The smallest absolute Gasteiger partial charge is 0.161 e. The van der Waals surface area contributed by atoms with Crippen LogP contribution in [0, 0.1) is 18.3 Å². The van der Waals surface area contributed by atoms with Gasteiger partial charge in [0.05, 0.1) is 12.2 Å². The summed E-state index contributed by atoms with van der Waals surface area (Å²) in [7, 11) is 0. The average Bonchev–Trinajstić information content (AvgIpc) is 3.10. The minimum atomic E-state index is -0.000613. The highest BCUT2D eigenvalue weighted by molar-refractivity contribution is 5.99. The van der Waals surface area contributed by atoms with Gasteiger partial charge in [0.25, 0.3) is 0 Å². The fourth-order valence-electron chi connectivity index (χ4n) is 5.41. The first-order valence-corrected chi connectivity index (χ1v) is 10.6. The molecule has 0 radical (unpaired) electrons. The number of nitrogens with one attached hydrogen (secondary N) is 3. The topological polar surface area (TPSA) is 53.2 Å². The lowest BCUT2D eigenvalue weighted by molar-refractivity contribution is -0.118. The predicted octanol–water partition coefficient (Wildman–Crippen LogP) is 4.12. The van der Waals surface area contributed by atoms with Crippen molar-refractivity contribution >= 4 is 5.78 Å². The predicted molar refractivity (Wildman–Crippen MR) is 115 cm³/mol. The van der Waals surface area contributed by atoms with Gasteiger partial charge in [-0.1, -0.05) is 74.0 Å². The van der Waals surface area contributed by atoms with Crippen molar-refractivity contribution in [2.45, 2.75) is 51.7 Å². The fourth-order valence-corrected chi connectivity index (χ4v) is 5.41. The second-order valence-corrected chi connectivity index (χ2v) is 9.60. The van der Waals surface area contributed by atoms with Crippen molar-refractivity contribution in [3.63, 3.8) is 0 Å². The Bertz CT molecular complexity index is 961. The van der Waals surface area contributed by atoms with Crippen molar-refractivity contribution in [3.05, 3.63) is 82.6 Å². The summed E-state index contributed by atoms with van der Waals surface area (Å²) in [6, 6.07) is 19.4. The number of fused-ring (bicyclic) bond motifs is 1. The van der Waals surface area contributed by atoms with Crippen LogP contribution in [0.1, 0.15) is 55.3 Å². The first kappa shape index (κ1) is 18.6. The van der Waals surface area contributed by atoms with Crippen LogP contribution in [0.15, 0.2) is 65.9 Å². The number of Topliss-reactive ketones (excluding diaryl/α,β-unsaturated/α-hetero) is 1. The number of hydrogen-bond donors (Lipinski definition) is 3. The largest absolute Gasteiger partial charge is 0.371 e. The Morgan fingerprint density at radius 2 is 1.62 bits per heavy atom. The van der Waals surface area contributed by atoms with E-state index in [4.69, 9.17) is 0 Å². The molecule has 4 unspecified atom stereocenters. The van der Waals surface area contributed by atoms with E-state index in [0.717, 1.165) is 17.7 Å². The van der Waals surface area contributed by atoms with Gasteiger partial charge in [0.1, 0.15) is 0 Å². The van der Waals surface area contributed by atoms with Crippen LogP contribution in [0.3, 0.4) is 0 Å². The summed E-state index contributed by atoms with van der Waals surface area (Å²) in [5.41, 5.74) is 12.9. The van der Waals surface area contributed by atoms with Crippen LogP contribution < -0.4 is 16.2 Å². The number of rotatable bonds is 2. The molecule has 0 amide bonds. The summed E-state index contributed by atoms with van der Waals surface area (Å²) in [5, 5.41) is 3.70. The van der Waals surface area contributed by atoms with E-state index in [1.54, 1.807) is 0 Å². The van der Waals surface area contributed by atoms with E-state index in [-0.39, 0.29) is 29.5 Å². The van der Waals surface area contributed by atoms with E-state index in [0.29, 0.717) is 12.2 Å². The Balaban J connectivity index is 1.63. The van der Waals surface area contributed by atoms with Crippen LogP contribution in [-0.2, 0) is 4.79 Å². The van der Waals surface area contributed by atoms with Gasteiger partial charge in [-0.3, -0.25) is 4.79 Å². The summed E-state index contributed by atoms with van der Waals surface area (Å²) in [4.78, 5) is 13.4. The van der Waals surface area contributed by atoms with Crippen molar-refractivity contribution in [3.8, 4) is 0 Å². The van der Waals surface area contributed by atoms with E-state index < -0.39 is 0 Å². The van der Waals surface area contributed by atoms with Gasteiger partial charge in [-0.25, -0.2) is 10.9 Å². The zero-order valence-electron chi connectivity index (χ0n) is 17.3. The molecule has 3 aliphatic rings. The average molecular weight is 388 g/mol. The second kappa shape index (κ2) is 6.82. The molecule has 29 heavy (non-hydrogen) atoms. The SMILES string of the molecule is Cc1ccc(C2NNC3NC4=C(C(=O)CC(C)(C)C4)C(c4ccccc4)C32)cc1. The zero-order chi connectivity index (χ0) is 20.2. The maximum atomic E-state index is 13.4. The molecule has 2 aliphatic heterocycles. The molecule has 1 aliphatic carbocycles. The highest BCUT2D eigenvalue weighted by Gasteiger charge is 2.51. The van der Waals surface area contributed by atoms with Crippen LogP contribution >= 0.6 is 0 Å². The van der Waals surface area contributed by atoms with Crippen molar-refractivity contribution in [2.24, 2.45) is 11.3 Å². The summed E-state index contributed by atoms with van der Waals surface area (Å²) in [6.45, 7) is 6.49. The van der Waals surface area contributed by atoms with Crippen molar-refractivity contribution < 1.29 is 4.79 Å². The lowest BCUT2D eigenvalue weighted by Crippen LogP contribution is -2.51. The molecule has 0 saturated carbocycles. The number of hydrazine groups is 1. The quantitative estimate of drug-likeness (QED) is 0.726. The standard InChI is InChI=1S/C25H29N3O/c1-15-9-11-17(12-10-15)23-22-20(16-7-5-4-6-8-16)21-18(26-24(22)28-27-23)13-25(2,3)14-19(21)29/h4-12,20,22-24,26-28H,13-14H2,1-3H3. The summed E-state index contributed by atoms with van der Waals surface area (Å²) in [5.74, 6) is 0.587.